The fourth-order valence-electron chi connectivity index (χ4n) is 5.73. The predicted octanol–water partition coefficient (Wildman–Crippen LogP) is 4.61. The molecule has 0 N–H and O–H groups in total. The normalized spacial score (nSPS) is 25.0. The van der Waals surface area contributed by atoms with E-state index < -0.39 is 0 Å². The van der Waals surface area contributed by atoms with Crippen LogP contribution in [-0.2, 0) is 12.4 Å². The van der Waals surface area contributed by atoms with Crippen LogP contribution in [0, 0.1) is 23.6 Å². The minimum Gasteiger partial charge on any atom is -0.483 e. The molecule has 33 heavy (non-hydrogen) atoms. The van der Waals surface area contributed by atoms with Crippen LogP contribution >= 0.6 is 11.8 Å². The Kier molecular flexibility index (Phi) is 5.55. The Labute approximate surface area is 196 Å². The zero-order valence-corrected chi connectivity index (χ0v) is 19.5. The summed E-state index contributed by atoms with van der Waals surface area (Å²) < 4.78 is 24.1. The number of halogens is 1. The number of ether oxygens (including phenoxy) is 1. The molecule has 3 saturated carbocycles. The van der Waals surface area contributed by atoms with Crippen LogP contribution in [0.4, 0.5) is 4.39 Å². The van der Waals surface area contributed by atoms with Gasteiger partial charge in [0.05, 0.1) is 11.8 Å². The average molecular weight is 470 g/mol. The molecule has 0 radical (unpaired) electrons. The molecule has 3 aliphatic carbocycles. The molecule has 174 valence electrons. The van der Waals surface area contributed by atoms with Gasteiger partial charge in [0.15, 0.2) is 28.4 Å². The first-order valence-corrected chi connectivity index (χ1v) is 12.9. The molecule has 0 spiro atoms. The topological polar surface area (TPSA) is 83.5 Å². The maximum atomic E-state index is 14.1. The average Bonchev–Trinajstić information content (AvgIpc) is 3.20. The molecular weight excluding hydrogens is 441 g/mol. The lowest BCUT2D eigenvalue weighted by molar-refractivity contribution is 0.215. The first-order chi connectivity index (χ1) is 16.2. The molecule has 2 bridgehead atoms. The molecular formula is C23H28FN7OS. The SMILES string of the molecule is CC(C1CC2CCC1C2)n1c(COc2ccccc2F)nnc1SCc1nnnn1C1CC1. The van der Waals surface area contributed by atoms with E-state index in [9.17, 15) is 4.39 Å². The van der Waals surface area contributed by atoms with Crippen molar-refractivity contribution in [2.45, 2.75) is 75.0 Å². The summed E-state index contributed by atoms with van der Waals surface area (Å²) in [6.07, 6.45) is 7.57. The Morgan fingerprint density at radius 1 is 1.09 bits per heavy atom. The number of thioether (sulfide) groups is 1. The number of fused-ring (bicyclic) bond motifs is 2. The van der Waals surface area contributed by atoms with E-state index in [0.29, 0.717) is 17.7 Å². The lowest BCUT2D eigenvalue weighted by Gasteiger charge is -2.30. The van der Waals surface area contributed by atoms with Gasteiger partial charge in [0.25, 0.3) is 0 Å². The van der Waals surface area contributed by atoms with Crippen molar-refractivity contribution in [3.63, 3.8) is 0 Å². The van der Waals surface area contributed by atoms with Crippen molar-refractivity contribution in [1.82, 2.24) is 35.0 Å². The largest absolute Gasteiger partial charge is 0.483 e. The summed E-state index contributed by atoms with van der Waals surface area (Å²) in [4.78, 5) is 0. The van der Waals surface area contributed by atoms with E-state index in [-0.39, 0.29) is 24.2 Å². The number of hydrogen-bond acceptors (Lipinski definition) is 7. The van der Waals surface area contributed by atoms with Gasteiger partial charge in [-0.3, -0.25) is 4.57 Å². The molecule has 0 amide bonds. The van der Waals surface area contributed by atoms with Crippen LogP contribution in [-0.4, -0.2) is 35.0 Å². The van der Waals surface area contributed by atoms with Crippen LogP contribution < -0.4 is 4.74 Å². The molecule has 0 aliphatic heterocycles. The van der Waals surface area contributed by atoms with Crippen molar-refractivity contribution in [2.75, 3.05) is 0 Å². The quantitative estimate of drug-likeness (QED) is 0.423. The molecule has 4 unspecified atom stereocenters. The minimum atomic E-state index is -0.369. The molecule has 2 aromatic heterocycles. The van der Waals surface area contributed by atoms with Gasteiger partial charge in [-0.25, -0.2) is 9.07 Å². The second-order valence-corrected chi connectivity index (χ2v) is 10.6. The van der Waals surface area contributed by atoms with Crippen LogP contribution in [0.1, 0.15) is 69.2 Å². The number of aromatic nitrogens is 7. The zero-order chi connectivity index (χ0) is 22.4. The van der Waals surface area contributed by atoms with Crippen molar-refractivity contribution in [3.05, 3.63) is 41.7 Å². The van der Waals surface area contributed by atoms with Gasteiger partial charge >= 0.3 is 0 Å². The van der Waals surface area contributed by atoms with Crippen molar-refractivity contribution in [2.24, 2.45) is 17.8 Å². The number of rotatable bonds is 9. The Bertz CT molecular complexity index is 1130. The number of benzene rings is 1. The summed E-state index contributed by atoms with van der Waals surface area (Å²) in [7, 11) is 0. The summed E-state index contributed by atoms with van der Waals surface area (Å²) >= 11 is 1.61. The van der Waals surface area contributed by atoms with E-state index in [4.69, 9.17) is 4.74 Å². The second kappa shape index (κ2) is 8.70. The van der Waals surface area contributed by atoms with Gasteiger partial charge in [0.2, 0.25) is 0 Å². The Morgan fingerprint density at radius 3 is 2.73 bits per heavy atom. The van der Waals surface area contributed by atoms with Crippen LogP contribution in [0.5, 0.6) is 5.75 Å². The highest BCUT2D eigenvalue weighted by molar-refractivity contribution is 7.98. The monoisotopic (exact) mass is 469 g/mol. The van der Waals surface area contributed by atoms with Crippen LogP contribution in [0.25, 0.3) is 0 Å². The molecule has 1 aromatic carbocycles. The molecule has 6 rings (SSSR count). The molecule has 4 atom stereocenters. The third-order valence-electron chi connectivity index (χ3n) is 7.53. The fraction of sp³-hybridized carbons (Fsp3) is 0.609. The molecule has 3 aliphatic rings. The highest BCUT2D eigenvalue weighted by atomic mass is 32.2. The van der Waals surface area contributed by atoms with Gasteiger partial charge in [-0.05, 0) is 79.3 Å². The van der Waals surface area contributed by atoms with Crippen molar-refractivity contribution in [1.29, 1.82) is 0 Å². The molecule has 3 aromatic rings. The first kappa shape index (κ1) is 21.1. The maximum Gasteiger partial charge on any atom is 0.192 e. The summed E-state index contributed by atoms with van der Waals surface area (Å²) in [5, 5.41) is 22.1. The van der Waals surface area contributed by atoms with E-state index in [0.717, 1.165) is 41.5 Å². The van der Waals surface area contributed by atoms with E-state index in [1.165, 1.54) is 31.7 Å². The van der Waals surface area contributed by atoms with E-state index in [2.05, 4.69) is 37.2 Å². The van der Waals surface area contributed by atoms with Gasteiger partial charge in [-0.1, -0.05) is 30.3 Å². The summed E-state index contributed by atoms with van der Waals surface area (Å²) in [6, 6.07) is 7.17. The van der Waals surface area contributed by atoms with E-state index in [1.54, 1.807) is 30.0 Å². The smallest absolute Gasteiger partial charge is 0.192 e. The van der Waals surface area contributed by atoms with Crippen LogP contribution in [0.2, 0.25) is 0 Å². The molecule has 8 nitrogen and oxygen atoms in total. The number of tetrazole rings is 1. The summed E-state index contributed by atoms with van der Waals surface area (Å²) in [5.41, 5.74) is 0. The standard InChI is InChI=1S/C23H28FN7OS/c1-14(18-11-15-6-7-16(18)10-15)30-21(12-32-20-5-3-2-4-19(20)24)25-27-23(30)33-13-22-26-28-29-31(22)17-8-9-17/h2-5,14-18H,6-13H2,1H3. The number of hydrogen-bond donors (Lipinski definition) is 0. The van der Waals surface area contributed by atoms with Crippen molar-refractivity contribution in [3.8, 4) is 5.75 Å². The highest BCUT2D eigenvalue weighted by Gasteiger charge is 2.43. The molecule has 3 fully saturated rings. The van der Waals surface area contributed by atoms with Crippen LogP contribution in [0.3, 0.4) is 0 Å². The van der Waals surface area contributed by atoms with Gasteiger partial charge in [0.1, 0.15) is 6.61 Å². The third-order valence-corrected chi connectivity index (χ3v) is 8.47. The van der Waals surface area contributed by atoms with Gasteiger partial charge in [-0.15, -0.1) is 15.3 Å². The lowest BCUT2D eigenvalue weighted by atomic mass is 9.84. The number of para-hydroxylation sites is 1. The Hall–Kier alpha value is -2.49. The van der Waals surface area contributed by atoms with Gasteiger partial charge in [-0.2, -0.15) is 0 Å². The van der Waals surface area contributed by atoms with Crippen molar-refractivity contribution < 1.29 is 9.13 Å². The Morgan fingerprint density at radius 2 is 1.97 bits per heavy atom. The van der Waals surface area contributed by atoms with Crippen LogP contribution in [0.15, 0.2) is 29.4 Å². The summed E-state index contributed by atoms with van der Waals surface area (Å²) in [6.45, 7) is 2.46. The zero-order valence-electron chi connectivity index (χ0n) is 18.7. The number of nitrogens with zero attached hydrogens (tertiary/aromatic N) is 7. The second-order valence-electron chi connectivity index (χ2n) is 9.63. The third kappa shape index (κ3) is 4.13. The molecule has 2 heterocycles. The molecule has 0 saturated heterocycles. The van der Waals surface area contributed by atoms with Crippen molar-refractivity contribution >= 4 is 11.8 Å². The first-order valence-electron chi connectivity index (χ1n) is 11.9. The van der Waals surface area contributed by atoms with Gasteiger partial charge < -0.3 is 4.74 Å². The van der Waals surface area contributed by atoms with E-state index >= 15 is 0 Å². The van der Waals surface area contributed by atoms with Gasteiger partial charge in [0, 0.05) is 6.04 Å². The minimum absolute atomic E-state index is 0.180. The molecule has 10 heteroatoms. The fourth-order valence-corrected chi connectivity index (χ4v) is 6.69. The maximum absolute atomic E-state index is 14.1. The highest BCUT2D eigenvalue weighted by Crippen LogP contribution is 2.52. The predicted molar refractivity (Wildman–Crippen MR) is 120 cm³/mol. The van der Waals surface area contributed by atoms with E-state index in [1.807, 2.05) is 4.68 Å². The lowest BCUT2D eigenvalue weighted by Crippen LogP contribution is -2.24. The Balaban J connectivity index is 1.24. The summed E-state index contributed by atoms with van der Waals surface area (Å²) in [5.74, 6) is 4.35.